The topological polar surface area (TPSA) is 99.1 Å². The second kappa shape index (κ2) is 10.3. The fraction of sp³-hybridized carbons (Fsp3) is 0.429. The zero-order valence-corrected chi connectivity index (χ0v) is 22.5. The fourth-order valence-electron chi connectivity index (χ4n) is 4.78. The van der Waals surface area contributed by atoms with Crippen LogP contribution in [-0.2, 0) is 14.6 Å². The minimum Gasteiger partial charge on any atom is -0.336 e. The average Bonchev–Trinajstić information content (AvgIpc) is 3.41. The van der Waals surface area contributed by atoms with E-state index in [-0.39, 0.29) is 18.2 Å². The molecule has 1 unspecified atom stereocenters. The van der Waals surface area contributed by atoms with Crippen molar-refractivity contribution >= 4 is 32.7 Å². The number of rotatable bonds is 10. The summed E-state index contributed by atoms with van der Waals surface area (Å²) in [6.07, 6.45) is 8.99. The van der Waals surface area contributed by atoms with E-state index in [1.165, 1.54) is 17.6 Å². The predicted octanol–water partition coefficient (Wildman–Crippen LogP) is 4.79. The monoisotopic (exact) mass is 523 g/mol. The maximum atomic E-state index is 13.5. The van der Waals surface area contributed by atoms with E-state index < -0.39 is 32.2 Å². The molecular weight excluding hydrogens is 490 g/mol. The number of sulfone groups is 1. The molecule has 1 amide bonds. The number of nitrogens with one attached hydrogen (secondary N) is 2. The molecule has 190 valence electrons. The Morgan fingerprint density at radius 3 is 2.42 bits per heavy atom. The van der Waals surface area contributed by atoms with E-state index >= 15 is 0 Å². The molecule has 0 bridgehead atoms. The van der Waals surface area contributed by atoms with E-state index in [1.54, 1.807) is 6.08 Å². The van der Waals surface area contributed by atoms with Crippen LogP contribution in [0.25, 0.3) is 5.57 Å². The maximum Gasteiger partial charge on any atom is 0.238 e. The first-order valence-corrected chi connectivity index (χ1v) is 15.1. The SMILES string of the molecule is CC(C)C[C@H](N[C@@H](c1ccsc1)C1(S(C)(=O)=O)C=CC(c2ccccc2)=CC1)C(=O)NC1(C#N)CC1. The fourth-order valence-corrected chi connectivity index (χ4v) is 6.80. The van der Waals surface area contributed by atoms with Crippen LogP contribution in [0.4, 0.5) is 0 Å². The molecule has 1 aromatic heterocycles. The number of carbonyl (C=O) groups excluding carboxylic acids is 1. The van der Waals surface area contributed by atoms with Crippen LogP contribution in [0.3, 0.4) is 0 Å². The Balaban J connectivity index is 1.71. The van der Waals surface area contributed by atoms with Gasteiger partial charge in [-0.3, -0.25) is 10.1 Å². The average molecular weight is 524 g/mol. The van der Waals surface area contributed by atoms with Crippen molar-refractivity contribution in [3.63, 3.8) is 0 Å². The van der Waals surface area contributed by atoms with E-state index in [0.717, 1.165) is 16.7 Å². The minimum atomic E-state index is -3.62. The van der Waals surface area contributed by atoms with Crippen molar-refractivity contribution < 1.29 is 13.2 Å². The lowest BCUT2D eigenvalue weighted by molar-refractivity contribution is -0.124. The van der Waals surface area contributed by atoms with Gasteiger partial charge in [0.25, 0.3) is 0 Å². The maximum absolute atomic E-state index is 13.5. The van der Waals surface area contributed by atoms with Crippen LogP contribution in [0.1, 0.15) is 56.7 Å². The van der Waals surface area contributed by atoms with Crippen LogP contribution in [0.2, 0.25) is 0 Å². The highest BCUT2D eigenvalue weighted by Gasteiger charge is 2.50. The molecule has 1 fully saturated rings. The first kappa shape index (κ1) is 26.3. The van der Waals surface area contributed by atoms with Gasteiger partial charge < -0.3 is 5.32 Å². The van der Waals surface area contributed by atoms with Crippen LogP contribution >= 0.6 is 11.3 Å². The second-order valence-corrected chi connectivity index (χ2v) is 13.4. The number of benzene rings is 1. The number of carbonyl (C=O) groups is 1. The molecule has 1 saturated carbocycles. The van der Waals surface area contributed by atoms with Crippen molar-refractivity contribution in [3.8, 4) is 6.07 Å². The van der Waals surface area contributed by atoms with Gasteiger partial charge in [-0.25, -0.2) is 8.42 Å². The van der Waals surface area contributed by atoms with E-state index in [2.05, 4.69) is 16.7 Å². The van der Waals surface area contributed by atoms with Crippen molar-refractivity contribution in [1.82, 2.24) is 10.6 Å². The van der Waals surface area contributed by atoms with Crippen LogP contribution in [-0.4, -0.2) is 36.9 Å². The van der Waals surface area contributed by atoms with Crippen LogP contribution < -0.4 is 10.6 Å². The van der Waals surface area contributed by atoms with Crippen molar-refractivity contribution in [2.75, 3.05) is 6.26 Å². The standard InChI is InChI=1S/C28H33N3O3S2/c1-20(2)17-24(26(32)31-27(19-29)14-15-27)30-25(23-11-16-35-18-23)28(36(3,33)34)12-9-22(10-13-28)21-7-5-4-6-8-21/h4-12,16,18,20,24-25,30H,13-15,17H2,1-3H3,(H,31,32)/t24-,25-,28?/m0/s1. The van der Waals surface area contributed by atoms with E-state index in [9.17, 15) is 18.5 Å². The lowest BCUT2D eigenvalue weighted by atomic mass is 9.84. The quantitative estimate of drug-likeness (QED) is 0.466. The van der Waals surface area contributed by atoms with Crippen LogP contribution in [0, 0.1) is 17.2 Å². The summed E-state index contributed by atoms with van der Waals surface area (Å²) in [5.74, 6) is -0.0683. The molecule has 2 aliphatic rings. The molecule has 2 aromatic rings. The van der Waals surface area contributed by atoms with Gasteiger partial charge in [-0.2, -0.15) is 16.6 Å². The molecule has 4 rings (SSSR count). The molecule has 1 aromatic carbocycles. The van der Waals surface area contributed by atoms with Gasteiger partial charge in [0.1, 0.15) is 10.3 Å². The Hall–Kier alpha value is -2.73. The van der Waals surface area contributed by atoms with Gasteiger partial charge >= 0.3 is 0 Å². The third kappa shape index (κ3) is 5.49. The zero-order chi connectivity index (χ0) is 26.0. The Morgan fingerprint density at radius 1 is 1.19 bits per heavy atom. The minimum absolute atomic E-state index is 0.189. The number of allylic oxidation sites excluding steroid dienone is 3. The smallest absolute Gasteiger partial charge is 0.238 e. The molecular formula is C28H33N3O3S2. The third-order valence-corrected chi connectivity index (χ3v) is 9.69. The summed E-state index contributed by atoms with van der Waals surface area (Å²) in [5.41, 5.74) is 2.03. The lowest BCUT2D eigenvalue weighted by Gasteiger charge is -2.40. The van der Waals surface area contributed by atoms with E-state index in [1.807, 2.05) is 73.2 Å². The van der Waals surface area contributed by atoms with Gasteiger partial charge in [0, 0.05) is 6.26 Å². The summed E-state index contributed by atoms with van der Waals surface area (Å²) >= 11 is 1.49. The lowest BCUT2D eigenvalue weighted by Crippen LogP contribution is -2.56. The number of hydrogen-bond donors (Lipinski definition) is 2. The molecule has 2 aliphatic carbocycles. The summed E-state index contributed by atoms with van der Waals surface area (Å²) < 4.78 is 25.7. The third-order valence-electron chi connectivity index (χ3n) is 7.07. The summed E-state index contributed by atoms with van der Waals surface area (Å²) in [7, 11) is -3.62. The molecule has 0 aliphatic heterocycles. The van der Waals surface area contributed by atoms with Gasteiger partial charge in [-0.1, -0.05) is 62.4 Å². The van der Waals surface area contributed by atoms with Gasteiger partial charge in [0.2, 0.25) is 5.91 Å². The van der Waals surface area contributed by atoms with Crippen molar-refractivity contribution in [1.29, 1.82) is 5.26 Å². The Labute approximate surface area is 218 Å². The number of thiophene rings is 1. The highest BCUT2D eigenvalue weighted by atomic mass is 32.2. The molecule has 3 atom stereocenters. The van der Waals surface area contributed by atoms with Crippen molar-refractivity contribution in [2.24, 2.45) is 5.92 Å². The second-order valence-electron chi connectivity index (χ2n) is 10.3. The van der Waals surface area contributed by atoms with E-state index in [0.29, 0.717) is 19.3 Å². The normalized spacial score (nSPS) is 22.4. The van der Waals surface area contributed by atoms with Gasteiger partial charge in [-0.15, -0.1) is 0 Å². The van der Waals surface area contributed by atoms with Gasteiger partial charge in [-0.05, 0) is 65.1 Å². The molecule has 36 heavy (non-hydrogen) atoms. The molecule has 2 N–H and O–H groups in total. The summed E-state index contributed by atoms with van der Waals surface area (Å²) in [4.78, 5) is 13.4. The summed E-state index contributed by atoms with van der Waals surface area (Å²) in [6, 6.07) is 12.7. The Bertz CT molecular complexity index is 1290. The van der Waals surface area contributed by atoms with Gasteiger partial charge in [0.15, 0.2) is 9.84 Å². The summed E-state index contributed by atoms with van der Waals surface area (Å²) in [6.45, 7) is 4.06. The first-order chi connectivity index (χ1) is 17.1. The molecule has 0 radical (unpaired) electrons. The predicted molar refractivity (Wildman–Crippen MR) is 145 cm³/mol. The highest BCUT2D eigenvalue weighted by molar-refractivity contribution is 7.92. The van der Waals surface area contributed by atoms with E-state index in [4.69, 9.17) is 0 Å². The van der Waals surface area contributed by atoms with Crippen molar-refractivity contribution in [3.05, 3.63) is 76.5 Å². The Morgan fingerprint density at radius 2 is 1.92 bits per heavy atom. The molecule has 6 nitrogen and oxygen atoms in total. The van der Waals surface area contributed by atoms with Gasteiger partial charge in [0.05, 0.1) is 18.2 Å². The number of nitrogens with zero attached hydrogens (tertiary/aromatic N) is 1. The van der Waals surface area contributed by atoms with Crippen LogP contribution in [0.15, 0.2) is 65.4 Å². The highest BCUT2D eigenvalue weighted by Crippen LogP contribution is 2.43. The Kier molecular flexibility index (Phi) is 7.56. The first-order valence-electron chi connectivity index (χ1n) is 12.2. The molecule has 1 heterocycles. The molecule has 0 spiro atoms. The molecule has 0 saturated heterocycles. The molecule has 8 heteroatoms. The number of hydrogen-bond acceptors (Lipinski definition) is 6. The largest absolute Gasteiger partial charge is 0.336 e. The summed E-state index contributed by atoms with van der Waals surface area (Å²) in [5, 5.41) is 19.7. The van der Waals surface area contributed by atoms with Crippen LogP contribution in [0.5, 0.6) is 0 Å². The number of amides is 1. The zero-order valence-electron chi connectivity index (χ0n) is 20.9. The number of nitriles is 1. The van der Waals surface area contributed by atoms with Crippen molar-refractivity contribution in [2.45, 2.75) is 61.9 Å².